The Labute approximate surface area is 78.7 Å². The van der Waals surface area contributed by atoms with Crippen LogP contribution in [0.1, 0.15) is 38.5 Å². The molecule has 0 aromatic rings. The Morgan fingerprint density at radius 1 is 1.08 bits per heavy atom. The second kappa shape index (κ2) is 3.60. The van der Waals surface area contributed by atoms with Crippen LogP contribution in [-0.4, -0.2) is 12.1 Å². The minimum atomic E-state index is -0.264. The van der Waals surface area contributed by atoms with Crippen molar-refractivity contribution in [2.75, 3.05) is 0 Å². The quantitative estimate of drug-likeness (QED) is 0.456. The average molecular weight is 180 g/mol. The van der Waals surface area contributed by atoms with E-state index < -0.39 is 0 Å². The second-order valence-corrected chi connectivity index (χ2v) is 4.37. The molecule has 0 spiro atoms. The van der Waals surface area contributed by atoms with Gasteiger partial charge < -0.3 is 4.79 Å². The first-order valence-electron chi connectivity index (χ1n) is 5.32. The molecule has 0 bridgehead atoms. The molecule has 2 aliphatic carbocycles. The first-order valence-corrected chi connectivity index (χ1v) is 5.32. The lowest BCUT2D eigenvalue weighted by Gasteiger charge is -2.36. The molecule has 0 aliphatic heterocycles. The molecule has 3 unspecified atom stereocenters. The molecule has 0 amide bonds. The van der Waals surface area contributed by atoms with E-state index in [1.165, 1.54) is 19.3 Å². The molecule has 2 heteroatoms. The summed E-state index contributed by atoms with van der Waals surface area (Å²) >= 11 is 0. The number of ketones is 1. The number of hydrogen-bond acceptors (Lipinski definition) is 2. The van der Waals surface area contributed by atoms with Gasteiger partial charge in [-0.1, -0.05) is 12.8 Å². The summed E-state index contributed by atoms with van der Waals surface area (Å²) in [6.07, 6.45) is 7.46. The van der Waals surface area contributed by atoms with E-state index in [2.05, 4.69) is 0 Å². The summed E-state index contributed by atoms with van der Waals surface area (Å²) in [5.41, 5.74) is 0. The lowest BCUT2D eigenvalue weighted by Crippen LogP contribution is -2.37. The van der Waals surface area contributed by atoms with Crippen LogP contribution < -0.4 is 0 Å². The molecule has 0 N–H and O–H groups in total. The fraction of sp³-hybridized carbons (Fsp3) is 0.818. The number of hydrogen-bond donors (Lipinski definition) is 0. The van der Waals surface area contributed by atoms with Crippen LogP contribution in [0.25, 0.3) is 0 Å². The van der Waals surface area contributed by atoms with E-state index in [-0.39, 0.29) is 17.6 Å². The fourth-order valence-electron chi connectivity index (χ4n) is 2.87. The van der Waals surface area contributed by atoms with Crippen LogP contribution in [0.15, 0.2) is 0 Å². The normalized spacial score (nSPS) is 39.7. The van der Waals surface area contributed by atoms with E-state index in [0.29, 0.717) is 5.92 Å². The SMILES string of the molecule is O=CC1CCC2CCCCC2C1=O. The van der Waals surface area contributed by atoms with Crippen molar-refractivity contribution in [2.45, 2.75) is 38.5 Å². The first kappa shape index (κ1) is 8.92. The van der Waals surface area contributed by atoms with Gasteiger partial charge in [-0.3, -0.25) is 4.79 Å². The van der Waals surface area contributed by atoms with E-state index in [0.717, 1.165) is 25.5 Å². The molecule has 2 rings (SSSR count). The zero-order chi connectivity index (χ0) is 9.26. The van der Waals surface area contributed by atoms with Crippen LogP contribution in [0.4, 0.5) is 0 Å². The highest BCUT2D eigenvalue weighted by Crippen LogP contribution is 2.39. The van der Waals surface area contributed by atoms with Crippen molar-refractivity contribution < 1.29 is 9.59 Å². The molecule has 2 saturated carbocycles. The molecule has 3 atom stereocenters. The Kier molecular flexibility index (Phi) is 2.47. The van der Waals surface area contributed by atoms with Gasteiger partial charge in [-0.25, -0.2) is 0 Å². The van der Waals surface area contributed by atoms with Gasteiger partial charge in [-0.2, -0.15) is 0 Å². The third kappa shape index (κ3) is 1.54. The molecule has 0 aromatic heterocycles. The van der Waals surface area contributed by atoms with Gasteiger partial charge in [0.2, 0.25) is 0 Å². The molecular formula is C11H16O2. The van der Waals surface area contributed by atoms with Crippen molar-refractivity contribution in [3.63, 3.8) is 0 Å². The Hall–Kier alpha value is -0.660. The van der Waals surface area contributed by atoms with E-state index in [1.54, 1.807) is 0 Å². The molecule has 0 radical (unpaired) electrons. The lowest BCUT2D eigenvalue weighted by molar-refractivity contribution is -0.136. The van der Waals surface area contributed by atoms with Crippen LogP contribution in [0.3, 0.4) is 0 Å². The largest absolute Gasteiger partial charge is 0.303 e. The van der Waals surface area contributed by atoms with Crippen LogP contribution in [0, 0.1) is 17.8 Å². The number of rotatable bonds is 1. The summed E-state index contributed by atoms with van der Waals surface area (Å²) in [7, 11) is 0. The Bertz CT molecular complexity index is 222. The molecule has 13 heavy (non-hydrogen) atoms. The summed E-state index contributed by atoms with van der Waals surface area (Å²) in [6.45, 7) is 0. The maximum atomic E-state index is 11.8. The highest BCUT2D eigenvalue weighted by molar-refractivity contribution is 5.95. The van der Waals surface area contributed by atoms with Crippen molar-refractivity contribution in [1.82, 2.24) is 0 Å². The van der Waals surface area contributed by atoms with Gasteiger partial charge >= 0.3 is 0 Å². The monoisotopic (exact) mass is 180 g/mol. The van der Waals surface area contributed by atoms with Crippen molar-refractivity contribution in [3.8, 4) is 0 Å². The van der Waals surface area contributed by atoms with E-state index in [4.69, 9.17) is 0 Å². The van der Waals surface area contributed by atoms with Crippen LogP contribution >= 0.6 is 0 Å². The number of fused-ring (bicyclic) bond motifs is 1. The van der Waals surface area contributed by atoms with Crippen LogP contribution in [0.2, 0.25) is 0 Å². The number of aldehydes is 1. The van der Waals surface area contributed by atoms with Crippen LogP contribution in [-0.2, 0) is 9.59 Å². The zero-order valence-corrected chi connectivity index (χ0v) is 7.87. The van der Waals surface area contributed by atoms with Gasteiger partial charge in [0.1, 0.15) is 12.1 Å². The Morgan fingerprint density at radius 2 is 1.85 bits per heavy atom. The van der Waals surface area contributed by atoms with E-state index in [1.807, 2.05) is 0 Å². The predicted molar refractivity (Wildman–Crippen MR) is 49.2 cm³/mol. The van der Waals surface area contributed by atoms with Crippen molar-refractivity contribution in [1.29, 1.82) is 0 Å². The topological polar surface area (TPSA) is 34.1 Å². The van der Waals surface area contributed by atoms with Crippen molar-refractivity contribution >= 4 is 12.1 Å². The van der Waals surface area contributed by atoms with Gasteiger partial charge in [0.05, 0.1) is 5.92 Å². The summed E-state index contributed by atoms with van der Waals surface area (Å²) in [4.78, 5) is 22.4. The summed E-state index contributed by atoms with van der Waals surface area (Å²) < 4.78 is 0. The Morgan fingerprint density at radius 3 is 2.62 bits per heavy atom. The fourth-order valence-corrected chi connectivity index (χ4v) is 2.87. The zero-order valence-electron chi connectivity index (χ0n) is 7.87. The minimum absolute atomic E-state index is 0.234. The predicted octanol–water partition coefficient (Wildman–Crippen LogP) is 1.97. The third-order valence-corrected chi connectivity index (χ3v) is 3.65. The molecule has 0 aromatic carbocycles. The number of Topliss-reactive ketones (excluding diaryl/α,β-unsaturated/α-hetero) is 1. The van der Waals surface area contributed by atoms with Gasteiger partial charge in [-0.15, -0.1) is 0 Å². The third-order valence-electron chi connectivity index (χ3n) is 3.65. The van der Waals surface area contributed by atoms with Crippen molar-refractivity contribution in [2.24, 2.45) is 17.8 Å². The second-order valence-electron chi connectivity index (χ2n) is 4.37. The highest BCUT2D eigenvalue weighted by atomic mass is 16.1. The lowest BCUT2D eigenvalue weighted by atomic mass is 9.67. The standard InChI is InChI=1S/C11H16O2/c12-7-9-6-5-8-3-1-2-4-10(8)11(9)13/h7-10H,1-6H2. The maximum absolute atomic E-state index is 11.8. The van der Waals surface area contributed by atoms with E-state index >= 15 is 0 Å². The summed E-state index contributed by atoms with van der Waals surface area (Å²) in [5, 5.41) is 0. The first-order chi connectivity index (χ1) is 6.33. The maximum Gasteiger partial charge on any atom is 0.146 e. The van der Waals surface area contributed by atoms with Gasteiger partial charge in [0, 0.05) is 5.92 Å². The molecule has 72 valence electrons. The van der Waals surface area contributed by atoms with Crippen LogP contribution in [0.5, 0.6) is 0 Å². The number of carbonyl (C=O) groups is 2. The average Bonchev–Trinajstić information content (AvgIpc) is 2.19. The molecule has 0 heterocycles. The van der Waals surface area contributed by atoms with E-state index in [9.17, 15) is 9.59 Å². The summed E-state index contributed by atoms with van der Waals surface area (Å²) in [5.74, 6) is 0.820. The number of carbonyl (C=O) groups excluding carboxylic acids is 2. The molecular weight excluding hydrogens is 164 g/mol. The smallest absolute Gasteiger partial charge is 0.146 e. The molecule has 2 nitrogen and oxygen atoms in total. The highest BCUT2D eigenvalue weighted by Gasteiger charge is 2.38. The van der Waals surface area contributed by atoms with Gasteiger partial charge in [0.15, 0.2) is 0 Å². The molecule has 2 fully saturated rings. The summed E-state index contributed by atoms with van der Waals surface area (Å²) in [6, 6.07) is 0. The minimum Gasteiger partial charge on any atom is -0.303 e. The van der Waals surface area contributed by atoms with Gasteiger partial charge in [0.25, 0.3) is 0 Å². The molecule has 0 saturated heterocycles. The Balaban J connectivity index is 2.09. The van der Waals surface area contributed by atoms with Gasteiger partial charge in [-0.05, 0) is 31.6 Å². The molecule has 2 aliphatic rings. The van der Waals surface area contributed by atoms with Crippen molar-refractivity contribution in [3.05, 3.63) is 0 Å².